The number of hydrogen-bond acceptors (Lipinski definition) is 0. The molecular formula is C11H18. The van der Waals surface area contributed by atoms with Gasteiger partial charge in [0.2, 0.25) is 0 Å². The van der Waals surface area contributed by atoms with Gasteiger partial charge in [0.1, 0.15) is 0 Å². The summed E-state index contributed by atoms with van der Waals surface area (Å²) >= 11 is 0. The third-order valence-corrected chi connectivity index (χ3v) is 1.63. The van der Waals surface area contributed by atoms with Crippen molar-refractivity contribution >= 4 is 0 Å². The van der Waals surface area contributed by atoms with Crippen molar-refractivity contribution in [3.63, 3.8) is 0 Å². The molecule has 0 heteroatoms. The number of rotatable bonds is 3. The molecule has 0 bridgehead atoms. The standard InChI is InChI=1S/C11H18/c1-6-11(10(4)5)8-7-9(2)3/h6-7H,4,8H2,1-3,5H3/b11-6-. The van der Waals surface area contributed by atoms with Crippen LogP contribution in [0.2, 0.25) is 0 Å². The van der Waals surface area contributed by atoms with Gasteiger partial charge in [-0.3, -0.25) is 0 Å². The van der Waals surface area contributed by atoms with Crippen molar-refractivity contribution in [1.29, 1.82) is 0 Å². The molecule has 0 amide bonds. The molecule has 0 unspecified atom stereocenters. The Kier molecular flexibility index (Phi) is 4.60. The number of allylic oxidation sites excluding steroid dienone is 5. The minimum atomic E-state index is 1.02. The normalized spacial score (nSPS) is 11.1. The monoisotopic (exact) mass is 150 g/mol. The summed E-state index contributed by atoms with van der Waals surface area (Å²) in [4.78, 5) is 0. The third-order valence-electron chi connectivity index (χ3n) is 1.63. The summed E-state index contributed by atoms with van der Waals surface area (Å²) in [6, 6.07) is 0. The lowest BCUT2D eigenvalue weighted by atomic mass is 10.0. The number of hydrogen-bond donors (Lipinski definition) is 0. The average molecular weight is 150 g/mol. The van der Waals surface area contributed by atoms with Crippen LogP contribution >= 0.6 is 0 Å². The molecule has 0 spiro atoms. The largest absolute Gasteiger partial charge is 0.0958 e. The molecule has 0 aromatic rings. The van der Waals surface area contributed by atoms with E-state index in [-0.39, 0.29) is 0 Å². The van der Waals surface area contributed by atoms with E-state index in [9.17, 15) is 0 Å². The van der Waals surface area contributed by atoms with Crippen LogP contribution in [-0.4, -0.2) is 0 Å². The molecule has 0 saturated carbocycles. The summed E-state index contributed by atoms with van der Waals surface area (Å²) in [6.07, 6.45) is 5.37. The smallest absolute Gasteiger partial charge is 0.00958 e. The summed E-state index contributed by atoms with van der Waals surface area (Å²) in [6.45, 7) is 12.2. The van der Waals surface area contributed by atoms with Gasteiger partial charge in [-0.25, -0.2) is 0 Å². The molecule has 0 aliphatic carbocycles. The van der Waals surface area contributed by atoms with Crippen LogP contribution in [0.15, 0.2) is 35.5 Å². The van der Waals surface area contributed by atoms with Crippen LogP contribution in [0.1, 0.15) is 34.1 Å². The Bertz CT molecular complexity index is 188. The maximum Gasteiger partial charge on any atom is -0.00958 e. The Balaban J connectivity index is 4.13. The summed E-state index contributed by atoms with van der Waals surface area (Å²) in [7, 11) is 0. The van der Waals surface area contributed by atoms with Crippen molar-refractivity contribution in [2.24, 2.45) is 0 Å². The topological polar surface area (TPSA) is 0 Å². The van der Waals surface area contributed by atoms with Crippen molar-refractivity contribution in [2.75, 3.05) is 0 Å². The molecule has 0 radical (unpaired) electrons. The lowest BCUT2D eigenvalue weighted by molar-refractivity contribution is 1.17. The first-order chi connectivity index (χ1) is 5.07. The zero-order chi connectivity index (χ0) is 8.85. The van der Waals surface area contributed by atoms with Gasteiger partial charge in [0.15, 0.2) is 0 Å². The van der Waals surface area contributed by atoms with Gasteiger partial charge in [0.25, 0.3) is 0 Å². The maximum atomic E-state index is 3.91. The maximum absolute atomic E-state index is 3.91. The highest BCUT2D eigenvalue weighted by atomic mass is 14.0. The zero-order valence-corrected chi connectivity index (χ0v) is 8.07. The predicted octanol–water partition coefficient (Wildman–Crippen LogP) is 3.87. The van der Waals surface area contributed by atoms with Crippen LogP contribution in [-0.2, 0) is 0 Å². The van der Waals surface area contributed by atoms with Gasteiger partial charge in [-0.2, -0.15) is 0 Å². The Labute approximate surface area is 70.3 Å². The van der Waals surface area contributed by atoms with Gasteiger partial charge in [-0.15, -0.1) is 0 Å². The van der Waals surface area contributed by atoms with Crippen LogP contribution in [0.5, 0.6) is 0 Å². The fourth-order valence-corrected chi connectivity index (χ4v) is 0.853. The van der Waals surface area contributed by atoms with Crippen LogP contribution in [0.3, 0.4) is 0 Å². The molecule has 0 atom stereocenters. The first-order valence-electron chi connectivity index (χ1n) is 4.02. The lowest BCUT2D eigenvalue weighted by Gasteiger charge is -2.01. The molecule has 0 nitrogen and oxygen atoms in total. The molecule has 0 aliphatic rings. The van der Waals surface area contributed by atoms with Gasteiger partial charge in [-0.1, -0.05) is 29.9 Å². The van der Waals surface area contributed by atoms with E-state index < -0.39 is 0 Å². The van der Waals surface area contributed by atoms with Gasteiger partial charge in [-0.05, 0) is 39.7 Å². The second-order valence-corrected chi connectivity index (χ2v) is 3.08. The van der Waals surface area contributed by atoms with Crippen molar-refractivity contribution in [2.45, 2.75) is 34.1 Å². The molecule has 0 aromatic carbocycles. The zero-order valence-electron chi connectivity index (χ0n) is 8.07. The van der Waals surface area contributed by atoms with E-state index in [1.165, 1.54) is 16.7 Å². The molecule has 11 heavy (non-hydrogen) atoms. The fourth-order valence-electron chi connectivity index (χ4n) is 0.853. The second kappa shape index (κ2) is 4.95. The van der Waals surface area contributed by atoms with E-state index in [4.69, 9.17) is 0 Å². The predicted molar refractivity (Wildman–Crippen MR) is 52.6 cm³/mol. The van der Waals surface area contributed by atoms with Gasteiger partial charge >= 0.3 is 0 Å². The average Bonchev–Trinajstić information content (AvgIpc) is 1.87. The Morgan fingerprint density at radius 2 is 1.82 bits per heavy atom. The molecule has 0 N–H and O–H groups in total. The van der Waals surface area contributed by atoms with Crippen molar-refractivity contribution < 1.29 is 0 Å². The summed E-state index contributed by atoms with van der Waals surface area (Å²) in [5.74, 6) is 0. The Hall–Kier alpha value is -0.780. The van der Waals surface area contributed by atoms with Crippen molar-refractivity contribution in [1.82, 2.24) is 0 Å². The van der Waals surface area contributed by atoms with Crippen LogP contribution < -0.4 is 0 Å². The molecule has 0 aromatic heterocycles. The van der Waals surface area contributed by atoms with E-state index in [0.29, 0.717) is 0 Å². The first-order valence-corrected chi connectivity index (χ1v) is 4.02. The second-order valence-electron chi connectivity index (χ2n) is 3.08. The first kappa shape index (κ1) is 10.2. The highest BCUT2D eigenvalue weighted by Crippen LogP contribution is 2.12. The summed E-state index contributed by atoms with van der Waals surface area (Å²) < 4.78 is 0. The SMILES string of the molecule is C=C(C)/C(=C\C)CC=C(C)C. The quantitative estimate of drug-likeness (QED) is 0.423. The van der Waals surface area contributed by atoms with Gasteiger partial charge in [0, 0.05) is 0 Å². The molecule has 0 heterocycles. The highest BCUT2D eigenvalue weighted by Gasteiger charge is 1.92. The molecular weight excluding hydrogens is 132 g/mol. The van der Waals surface area contributed by atoms with E-state index in [2.05, 4.69) is 39.5 Å². The highest BCUT2D eigenvalue weighted by molar-refractivity contribution is 5.28. The van der Waals surface area contributed by atoms with Crippen molar-refractivity contribution in [3.8, 4) is 0 Å². The molecule has 0 rings (SSSR count). The fraction of sp³-hybridized carbons (Fsp3) is 0.455. The van der Waals surface area contributed by atoms with Crippen LogP contribution in [0, 0.1) is 0 Å². The van der Waals surface area contributed by atoms with Gasteiger partial charge < -0.3 is 0 Å². The molecule has 62 valence electrons. The van der Waals surface area contributed by atoms with E-state index in [0.717, 1.165) is 6.42 Å². The molecule has 0 saturated heterocycles. The minimum absolute atomic E-state index is 1.02. The third kappa shape index (κ3) is 4.60. The lowest BCUT2D eigenvalue weighted by Crippen LogP contribution is -1.81. The summed E-state index contributed by atoms with van der Waals surface area (Å²) in [5, 5.41) is 0. The van der Waals surface area contributed by atoms with E-state index >= 15 is 0 Å². The van der Waals surface area contributed by atoms with Crippen molar-refractivity contribution in [3.05, 3.63) is 35.5 Å². The minimum Gasteiger partial charge on any atom is -0.0958 e. The van der Waals surface area contributed by atoms with Crippen LogP contribution in [0.4, 0.5) is 0 Å². The van der Waals surface area contributed by atoms with Crippen LogP contribution in [0.25, 0.3) is 0 Å². The van der Waals surface area contributed by atoms with E-state index in [1.807, 2.05) is 6.92 Å². The Morgan fingerprint density at radius 1 is 1.27 bits per heavy atom. The molecule has 0 aliphatic heterocycles. The van der Waals surface area contributed by atoms with E-state index in [1.54, 1.807) is 0 Å². The van der Waals surface area contributed by atoms with Gasteiger partial charge in [0.05, 0.1) is 0 Å². The Morgan fingerprint density at radius 3 is 2.09 bits per heavy atom. The summed E-state index contributed by atoms with van der Waals surface area (Å²) in [5.41, 5.74) is 3.88. The molecule has 0 fully saturated rings.